The first-order valence-corrected chi connectivity index (χ1v) is 5.99. The van der Waals surface area contributed by atoms with E-state index in [1.165, 1.54) is 6.92 Å². The molecule has 0 heterocycles. The van der Waals surface area contributed by atoms with Crippen LogP contribution < -0.4 is 16.0 Å². The van der Waals surface area contributed by atoms with E-state index in [1.807, 2.05) is 0 Å². The van der Waals surface area contributed by atoms with E-state index in [4.69, 9.17) is 5.11 Å². The summed E-state index contributed by atoms with van der Waals surface area (Å²) >= 11 is 0. The number of carbonyl (C=O) groups excluding carboxylic acids is 2. The van der Waals surface area contributed by atoms with Gasteiger partial charge in [-0.2, -0.15) is 0 Å². The number of carboxylic acid groups (broad SMARTS) is 1. The molecule has 5 N–H and O–H groups in total. The van der Waals surface area contributed by atoms with Crippen LogP contribution in [0.3, 0.4) is 0 Å². The summed E-state index contributed by atoms with van der Waals surface area (Å²) in [7, 11) is 0. The Hall–Kier alpha value is -1.83. The number of urea groups is 1. The van der Waals surface area contributed by atoms with Crippen LogP contribution >= 0.6 is 0 Å². The molecular formula is C11H21N3O5. The molecule has 0 aliphatic carbocycles. The van der Waals surface area contributed by atoms with Gasteiger partial charge in [0, 0.05) is 26.1 Å². The van der Waals surface area contributed by atoms with Crippen molar-refractivity contribution < 1.29 is 24.6 Å². The number of nitrogens with one attached hydrogen (secondary N) is 3. The molecule has 1 unspecified atom stereocenters. The fourth-order valence-electron chi connectivity index (χ4n) is 1.30. The molecule has 0 saturated carbocycles. The van der Waals surface area contributed by atoms with Crippen LogP contribution in [0.1, 0.15) is 26.7 Å². The van der Waals surface area contributed by atoms with E-state index in [0.717, 1.165) is 0 Å². The fourth-order valence-corrected chi connectivity index (χ4v) is 1.30. The van der Waals surface area contributed by atoms with Crippen molar-refractivity contribution in [3.8, 4) is 0 Å². The summed E-state index contributed by atoms with van der Waals surface area (Å²) in [5.41, 5.74) is -1.51. The van der Waals surface area contributed by atoms with Gasteiger partial charge in [-0.05, 0) is 13.8 Å². The molecule has 0 spiro atoms. The van der Waals surface area contributed by atoms with Gasteiger partial charge in [0.2, 0.25) is 5.91 Å². The number of hydrogen-bond acceptors (Lipinski definition) is 4. The lowest BCUT2D eigenvalue weighted by Crippen LogP contribution is -2.46. The number of carboxylic acids is 1. The summed E-state index contributed by atoms with van der Waals surface area (Å²) in [6, 6.07) is -0.560. The largest absolute Gasteiger partial charge is 0.481 e. The quantitative estimate of drug-likeness (QED) is 0.390. The molecule has 1 atom stereocenters. The maximum atomic E-state index is 11.3. The average Bonchev–Trinajstić information content (AvgIpc) is 2.25. The Morgan fingerprint density at radius 1 is 1.16 bits per heavy atom. The maximum absolute atomic E-state index is 11.3. The normalized spacial score (nSPS) is 13.2. The molecule has 0 saturated heterocycles. The first-order valence-electron chi connectivity index (χ1n) is 5.99. The lowest BCUT2D eigenvalue weighted by Gasteiger charge is -2.21. The number of aliphatic carboxylic acids is 1. The third-order valence-electron chi connectivity index (χ3n) is 2.17. The van der Waals surface area contributed by atoms with Gasteiger partial charge in [0.15, 0.2) is 0 Å². The maximum Gasteiger partial charge on any atom is 0.314 e. The van der Waals surface area contributed by atoms with Crippen molar-refractivity contribution >= 4 is 17.9 Å². The van der Waals surface area contributed by atoms with E-state index in [-0.39, 0.29) is 25.4 Å². The highest BCUT2D eigenvalue weighted by atomic mass is 16.4. The Kier molecular flexibility index (Phi) is 7.50. The highest BCUT2D eigenvalue weighted by molar-refractivity contribution is 5.78. The van der Waals surface area contributed by atoms with E-state index in [0.29, 0.717) is 6.54 Å². The second-order valence-corrected chi connectivity index (χ2v) is 4.38. The monoisotopic (exact) mass is 275 g/mol. The number of carbonyl (C=O) groups is 3. The van der Waals surface area contributed by atoms with Gasteiger partial charge < -0.3 is 26.2 Å². The zero-order valence-electron chi connectivity index (χ0n) is 11.2. The average molecular weight is 275 g/mol. The standard InChI is InChI=1S/C11H21N3O5/c1-3-12-8(15)4-5-13-10(18)14-7-11(2,19)6-9(16)17/h19H,3-7H2,1-2H3,(H,12,15)(H,16,17)(H2,13,14,18). The topological polar surface area (TPSA) is 128 Å². The third kappa shape index (κ3) is 9.83. The fraction of sp³-hybridized carbons (Fsp3) is 0.727. The number of amides is 3. The smallest absolute Gasteiger partial charge is 0.314 e. The summed E-state index contributed by atoms with van der Waals surface area (Å²) in [4.78, 5) is 32.8. The molecule has 0 radical (unpaired) electrons. The van der Waals surface area contributed by atoms with Crippen molar-refractivity contribution in [2.45, 2.75) is 32.3 Å². The second-order valence-electron chi connectivity index (χ2n) is 4.38. The van der Waals surface area contributed by atoms with Crippen LogP contribution in [-0.2, 0) is 9.59 Å². The number of aliphatic hydroxyl groups is 1. The zero-order valence-corrected chi connectivity index (χ0v) is 11.2. The van der Waals surface area contributed by atoms with Gasteiger partial charge in [-0.1, -0.05) is 0 Å². The lowest BCUT2D eigenvalue weighted by atomic mass is 10.0. The number of hydrogen-bond donors (Lipinski definition) is 5. The second kappa shape index (κ2) is 8.30. The molecular weight excluding hydrogens is 254 g/mol. The van der Waals surface area contributed by atoms with Gasteiger partial charge in [0.25, 0.3) is 0 Å². The van der Waals surface area contributed by atoms with Crippen LogP contribution in [0, 0.1) is 0 Å². The molecule has 0 aliphatic heterocycles. The van der Waals surface area contributed by atoms with Gasteiger partial charge >= 0.3 is 12.0 Å². The van der Waals surface area contributed by atoms with Gasteiger partial charge in [-0.25, -0.2) is 4.79 Å². The van der Waals surface area contributed by atoms with Crippen molar-refractivity contribution in [1.29, 1.82) is 0 Å². The molecule has 8 heteroatoms. The highest BCUT2D eigenvalue weighted by Crippen LogP contribution is 2.06. The van der Waals surface area contributed by atoms with E-state index in [1.54, 1.807) is 6.92 Å². The van der Waals surface area contributed by atoms with Crippen molar-refractivity contribution in [2.24, 2.45) is 0 Å². The Balaban J connectivity index is 3.81. The molecule has 0 aromatic heterocycles. The summed E-state index contributed by atoms with van der Waals surface area (Å²) in [5, 5.41) is 25.5. The van der Waals surface area contributed by atoms with Crippen molar-refractivity contribution in [1.82, 2.24) is 16.0 Å². The molecule has 0 aliphatic rings. The van der Waals surface area contributed by atoms with Gasteiger partial charge in [-0.15, -0.1) is 0 Å². The van der Waals surface area contributed by atoms with Crippen LogP contribution in [0.15, 0.2) is 0 Å². The lowest BCUT2D eigenvalue weighted by molar-refractivity contribution is -0.141. The Labute approximate surface area is 111 Å². The summed E-state index contributed by atoms with van der Waals surface area (Å²) in [6.07, 6.45) is -0.307. The molecule has 0 fully saturated rings. The van der Waals surface area contributed by atoms with Crippen LogP contribution in [0.2, 0.25) is 0 Å². The van der Waals surface area contributed by atoms with E-state index in [9.17, 15) is 19.5 Å². The summed E-state index contributed by atoms with van der Waals surface area (Å²) < 4.78 is 0. The van der Waals surface area contributed by atoms with Gasteiger partial charge in [-0.3, -0.25) is 9.59 Å². The SMILES string of the molecule is CCNC(=O)CCNC(=O)NCC(C)(O)CC(=O)O. The number of rotatable bonds is 8. The minimum absolute atomic E-state index is 0.160. The molecule has 3 amide bonds. The predicted molar refractivity (Wildman–Crippen MR) is 67.6 cm³/mol. The minimum Gasteiger partial charge on any atom is -0.481 e. The zero-order chi connectivity index (χ0) is 14.9. The summed E-state index contributed by atoms with van der Waals surface area (Å²) in [5.74, 6) is -1.32. The van der Waals surface area contributed by atoms with E-state index in [2.05, 4.69) is 16.0 Å². The van der Waals surface area contributed by atoms with Crippen LogP contribution in [0.25, 0.3) is 0 Å². The van der Waals surface area contributed by atoms with Gasteiger partial charge in [0.1, 0.15) is 0 Å². The van der Waals surface area contributed by atoms with Crippen molar-refractivity contribution in [3.63, 3.8) is 0 Å². The molecule has 19 heavy (non-hydrogen) atoms. The van der Waals surface area contributed by atoms with Crippen molar-refractivity contribution in [2.75, 3.05) is 19.6 Å². The molecule has 0 bridgehead atoms. The molecule has 110 valence electrons. The van der Waals surface area contributed by atoms with Crippen LogP contribution in [0.5, 0.6) is 0 Å². The van der Waals surface area contributed by atoms with E-state index < -0.39 is 24.0 Å². The van der Waals surface area contributed by atoms with E-state index >= 15 is 0 Å². The molecule has 0 rings (SSSR count). The first kappa shape index (κ1) is 17.2. The predicted octanol–water partition coefficient (Wildman–Crippen LogP) is -0.962. The van der Waals surface area contributed by atoms with Crippen LogP contribution in [-0.4, -0.2) is 53.4 Å². The molecule has 0 aromatic carbocycles. The van der Waals surface area contributed by atoms with Crippen LogP contribution in [0.4, 0.5) is 4.79 Å². The van der Waals surface area contributed by atoms with Gasteiger partial charge in [0.05, 0.1) is 12.0 Å². The Morgan fingerprint density at radius 2 is 1.79 bits per heavy atom. The third-order valence-corrected chi connectivity index (χ3v) is 2.17. The first-order chi connectivity index (χ1) is 8.76. The van der Waals surface area contributed by atoms with Crippen molar-refractivity contribution in [3.05, 3.63) is 0 Å². The Morgan fingerprint density at radius 3 is 2.32 bits per heavy atom. The Bertz CT molecular complexity index is 330. The summed E-state index contributed by atoms with van der Waals surface area (Å²) in [6.45, 7) is 3.62. The molecule has 0 aromatic rings. The molecule has 8 nitrogen and oxygen atoms in total. The minimum atomic E-state index is -1.51. The highest BCUT2D eigenvalue weighted by Gasteiger charge is 2.24.